The number of carbonyl (C=O) groups excluding carboxylic acids is 1. The van der Waals surface area contributed by atoms with Crippen LogP contribution in [-0.2, 0) is 4.79 Å². The molecule has 0 spiro atoms. The number of nitrogens with one attached hydrogen (secondary N) is 1. The number of methoxy groups -OCH3 is 2. The molecule has 2 heterocycles. The number of aromatic carboxylic acids is 1. The Hall–Kier alpha value is -3.74. The topological polar surface area (TPSA) is 89.8 Å². The Balaban J connectivity index is 2.01. The molecule has 0 saturated heterocycles. The van der Waals surface area contributed by atoms with E-state index in [0.29, 0.717) is 28.6 Å². The lowest BCUT2D eigenvalue weighted by Crippen LogP contribution is -2.25. The summed E-state index contributed by atoms with van der Waals surface area (Å²) in [6.07, 6.45) is 1.73. The van der Waals surface area contributed by atoms with Gasteiger partial charge in [-0.3, -0.25) is 4.79 Å². The number of anilines is 1. The summed E-state index contributed by atoms with van der Waals surface area (Å²) in [7, 11) is 3.11. The summed E-state index contributed by atoms with van der Waals surface area (Å²) in [6, 6.07) is 14.9. The van der Waals surface area contributed by atoms with Gasteiger partial charge in [0.05, 0.1) is 31.3 Å². The van der Waals surface area contributed by atoms with Crippen LogP contribution in [-0.4, -0.2) is 35.8 Å². The molecule has 1 atom stereocenters. The van der Waals surface area contributed by atoms with Crippen molar-refractivity contribution in [3.05, 3.63) is 71.5 Å². The number of benzene rings is 2. The molecule has 3 aromatic rings. The number of ether oxygens (including phenoxy) is 2. The van der Waals surface area contributed by atoms with Gasteiger partial charge in [-0.15, -0.1) is 0 Å². The molecule has 0 bridgehead atoms. The first-order valence-electron chi connectivity index (χ1n) is 9.09. The second kappa shape index (κ2) is 7.35. The molecule has 0 radical (unpaired) electrons. The number of carboxylic acid groups (broad SMARTS) is 1. The number of nitrogens with zero attached hydrogens (tertiary/aromatic N) is 1. The minimum atomic E-state index is -1.11. The summed E-state index contributed by atoms with van der Waals surface area (Å²) in [5.74, 6) is -0.468. The Morgan fingerprint density at radius 3 is 2.55 bits per heavy atom. The number of rotatable bonds is 5. The van der Waals surface area contributed by atoms with E-state index in [0.717, 1.165) is 5.56 Å². The summed E-state index contributed by atoms with van der Waals surface area (Å²) in [5, 5.41) is 12.5. The average molecular weight is 392 g/mol. The number of amides is 1. The largest absolute Gasteiger partial charge is 0.497 e. The van der Waals surface area contributed by atoms with E-state index in [4.69, 9.17) is 9.47 Å². The Bertz CT molecular complexity index is 1090. The highest BCUT2D eigenvalue weighted by Crippen LogP contribution is 2.43. The Kier molecular flexibility index (Phi) is 4.72. The van der Waals surface area contributed by atoms with Crippen molar-refractivity contribution >= 4 is 17.6 Å². The van der Waals surface area contributed by atoms with Gasteiger partial charge in [0.2, 0.25) is 5.91 Å². The fourth-order valence-electron chi connectivity index (χ4n) is 3.78. The van der Waals surface area contributed by atoms with Crippen LogP contribution in [0.2, 0.25) is 0 Å². The maximum absolute atomic E-state index is 12.4. The molecule has 1 aromatic heterocycles. The second-order valence-corrected chi connectivity index (χ2v) is 6.73. The van der Waals surface area contributed by atoms with E-state index in [9.17, 15) is 14.7 Å². The van der Waals surface area contributed by atoms with Gasteiger partial charge in [0.15, 0.2) is 0 Å². The molecule has 0 saturated carbocycles. The molecule has 1 unspecified atom stereocenters. The van der Waals surface area contributed by atoms with Crippen molar-refractivity contribution in [2.24, 2.45) is 0 Å². The minimum absolute atomic E-state index is 0.0267. The third-order valence-corrected chi connectivity index (χ3v) is 5.11. The molecule has 1 aliphatic rings. The van der Waals surface area contributed by atoms with Crippen molar-refractivity contribution in [3.8, 4) is 17.2 Å². The smallest absolute Gasteiger partial charge is 0.339 e. The van der Waals surface area contributed by atoms with Gasteiger partial charge in [-0.05, 0) is 17.7 Å². The highest BCUT2D eigenvalue weighted by Gasteiger charge is 2.35. The monoisotopic (exact) mass is 392 g/mol. The maximum Gasteiger partial charge on any atom is 0.339 e. The average Bonchev–Trinajstić information content (AvgIpc) is 3.12. The summed E-state index contributed by atoms with van der Waals surface area (Å²) < 4.78 is 12.6. The van der Waals surface area contributed by atoms with E-state index < -0.39 is 5.97 Å². The molecule has 29 heavy (non-hydrogen) atoms. The van der Waals surface area contributed by atoms with E-state index in [1.807, 2.05) is 30.3 Å². The molecule has 148 valence electrons. The Morgan fingerprint density at radius 1 is 1.14 bits per heavy atom. The molecule has 2 aromatic carbocycles. The van der Waals surface area contributed by atoms with Crippen LogP contribution in [0.1, 0.15) is 34.0 Å². The normalized spacial score (nSPS) is 15.4. The molecule has 0 fully saturated rings. The summed E-state index contributed by atoms with van der Waals surface area (Å²) in [4.78, 5) is 24.3. The number of carbonyl (C=O) groups is 2. The van der Waals surface area contributed by atoms with E-state index in [1.165, 1.54) is 6.20 Å². The van der Waals surface area contributed by atoms with Crippen LogP contribution in [0.25, 0.3) is 5.69 Å². The number of aromatic nitrogens is 1. The zero-order chi connectivity index (χ0) is 20.5. The Morgan fingerprint density at radius 2 is 1.90 bits per heavy atom. The molecular formula is C22H20N2O5. The molecule has 7 nitrogen and oxygen atoms in total. The van der Waals surface area contributed by atoms with Gasteiger partial charge in [-0.1, -0.05) is 30.3 Å². The molecule has 7 heteroatoms. The summed E-state index contributed by atoms with van der Waals surface area (Å²) in [6.45, 7) is 0. The fraction of sp³-hybridized carbons (Fsp3) is 0.182. The van der Waals surface area contributed by atoms with E-state index in [-0.39, 0.29) is 23.8 Å². The fourth-order valence-corrected chi connectivity index (χ4v) is 3.78. The molecule has 0 aliphatic carbocycles. The van der Waals surface area contributed by atoms with Crippen LogP contribution in [0.3, 0.4) is 0 Å². The van der Waals surface area contributed by atoms with Crippen LogP contribution in [0.15, 0.2) is 54.7 Å². The van der Waals surface area contributed by atoms with Crippen molar-refractivity contribution < 1.29 is 24.2 Å². The van der Waals surface area contributed by atoms with Crippen molar-refractivity contribution in [2.75, 3.05) is 19.5 Å². The summed E-state index contributed by atoms with van der Waals surface area (Å²) in [5.41, 5.74) is 2.60. The van der Waals surface area contributed by atoms with Crippen LogP contribution < -0.4 is 14.8 Å². The first-order chi connectivity index (χ1) is 14.0. The predicted molar refractivity (Wildman–Crippen MR) is 107 cm³/mol. The van der Waals surface area contributed by atoms with Gasteiger partial charge in [0.25, 0.3) is 0 Å². The zero-order valence-electron chi connectivity index (χ0n) is 16.0. The van der Waals surface area contributed by atoms with Crippen molar-refractivity contribution in [3.63, 3.8) is 0 Å². The molecular weight excluding hydrogens is 372 g/mol. The maximum atomic E-state index is 12.4. The number of hydrogen-bond acceptors (Lipinski definition) is 4. The van der Waals surface area contributed by atoms with Gasteiger partial charge >= 0.3 is 5.97 Å². The molecule has 1 aliphatic heterocycles. The van der Waals surface area contributed by atoms with Crippen LogP contribution in [0.5, 0.6) is 11.5 Å². The van der Waals surface area contributed by atoms with E-state index in [1.54, 1.807) is 37.0 Å². The van der Waals surface area contributed by atoms with Crippen molar-refractivity contribution in [2.45, 2.75) is 12.3 Å². The predicted octanol–water partition coefficient (Wildman–Crippen LogP) is 3.67. The van der Waals surface area contributed by atoms with Gasteiger partial charge in [0, 0.05) is 24.6 Å². The van der Waals surface area contributed by atoms with Gasteiger partial charge in [-0.25, -0.2) is 4.79 Å². The third kappa shape index (κ3) is 3.20. The standard InChI is InChI=1S/C22H20N2O5/c1-28-14-8-9-18(29-2)17(10-14)24-12-16(22(26)27)20-21(24)15(11-19(25)23-20)13-6-4-3-5-7-13/h3-10,12,15H,11H2,1-2H3,(H,23,25)(H,26,27). The highest BCUT2D eigenvalue weighted by atomic mass is 16.5. The van der Waals surface area contributed by atoms with Crippen molar-refractivity contribution in [1.29, 1.82) is 0 Å². The van der Waals surface area contributed by atoms with Gasteiger partial charge in [-0.2, -0.15) is 0 Å². The molecule has 1 amide bonds. The van der Waals surface area contributed by atoms with Crippen molar-refractivity contribution in [1.82, 2.24) is 4.57 Å². The second-order valence-electron chi connectivity index (χ2n) is 6.73. The number of hydrogen-bond donors (Lipinski definition) is 2. The molecule has 2 N–H and O–H groups in total. The minimum Gasteiger partial charge on any atom is -0.497 e. The van der Waals surface area contributed by atoms with Crippen LogP contribution >= 0.6 is 0 Å². The SMILES string of the molecule is COc1ccc(OC)c(-n2cc(C(=O)O)c3c2C(c2ccccc2)CC(=O)N3)c1. The lowest BCUT2D eigenvalue weighted by molar-refractivity contribution is -0.116. The van der Waals surface area contributed by atoms with Gasteiger partial charge < -0.3 is 24.5 Å². The number of fused-ring (bicyclic) bond motifs is 1. The molecule has 4 rings (SSSR count). The van der Waals surface area contributed by atoms with Gasteiger partial charge in [0.1, 0.15) is 17.1 Å². The number of carboxylic acids is 1. The first-order valence-corrected chi connectivity index (χ1v) is 9.09. The van der Waals surface area contributed by atoms with E-state index >= 15 is 0 Å². The lowest BCUT2D eigenvalue weighted by atomic mass is 9.88. The highest BCUT2D eigenvalue weighted by molar-refractivity contribution is 6.04. The van der Waals surface area contributed by atoms with Crippen LogP contribution in [0, 0.1) is 0 Å². The van der Waals surface area contributed by atoms with E-state index in [2.05, 4.69) is 5.32 Å². The summed E-state index contributed by atoms with van der Waals surface area (Å²) >= 11 is 0. The quantitative estimate of drug-likeness (QED) is 0.692. The zero-order valence-corrected chi connectivity index (χ0v) is 16.0. The third-order valence-electron chi connectivity index (χ3n) is 5.11. The Labute approximate surface area is 167 Å². The lowest BCUT2D eigenvalue weighted by Gasteiger charge is -2.26. The van der Waals surface area contributed by atoms with Crippen LogP contribution in [0.4, 0.5) is 5.69 Å². The first kappa shape index (κ1) is 18.6.